The molecule has 3 aliphatic carbocycles. The molecular formula is C81H51NOS. The molecule has 5 aliphatic rings. The van der Waals surface area contributed by atoms with Crippen molar-refractivity contribution < 1.29 is 4.74 Å². The van der Waals surface area contributed by atoms with Gasteiger partial charge in [0.05, 0.1) is 27.6 Å². The predicted molar refractivity (Wildman–Crippen MR) is 343 cm³/mol. The summed E-state index contributed by atoms with van der Waals surface area (Å²) >= 11 is 1.89. The third-order valence-corrected chi connectivity index (χ3v) is 20.2. The number of fused-ring (bicyclic) bond motifs is 21. The summed E-state index contributed by atoms with van der Waals surface area (Å²) in [5, 5.41) is 0. The molecule has 0 bridgehead atoms. The van der Waals surface area contributed by atoms with Crippen molar-refractivity contribution in [2.24, 2.45) is 0 Å². The zero-order chi connectivity index (χ0) is 55.1. The van der Waals surface area contributed by atoms with Crippen molar-refractivity contribution in [3.63, 3.8) is 0 Å². The second-order valence-corrected chi connectivity index (χ2v) is 23.9. The summed E-state index contributed by atoms with van der Waals surface area (Å²) in [6.45, 7) is 0. The molecule has 2 aliphatic heterocycles. The summed E-state index contributed by atoms with van der Waals surface area (Å²) in [6, 6.07) is 116. The van der Waals surface area contributed by atoms with E-state index in [1.807, 2.05) is 11.8 Å². The van der Waals surface area contributed by atoms with Gasteiger partial charge >= 0.3 is 0 Å². The molecule has 84 heavy (non-hydrogen) atoms. The zero-order valence-electron chi connectivity index (χ0n) is 45.7. The summed E-state index contributed by atoms with van der Waals surface area (Å²) in [7, 11) is 0. The Labute approximate surface area is 493 Å². The van der Waals surface area contributed by atoms with E-state index in [9.17, 15) is 0 Å². The molecular weight excluding hydrogens is 1030 g/mol. The first-order valence-corrected chi connectivity index (χ1v) is 30.0. The molecule has 18 rings (SSSR count). The predicted octanol–water partition coefficient (Wildman–Crippen LogP) is 20.5. The van der Waals surface area contributed by atoms with Gasteiger partial charge < -0.3 is 9.64 Å². The van der Waals surface area contributed by atoms with Crippen LogP contribution >= 0.6 is 11.8 Å². The van der Waals surface area contributed by atoms with Gasteiger partial charge in [-0.15, -0.1) is 0 Å². The van der Waals surface area contributed by atoms with Crippen molar-refractivity contribution >= 4 is 28.8 Å². The molecule has 0 aromatic heterocycles. The molecule has 0 N–H and O–H groups in total. The van der Waals surface area contributed by atoms with E-state index in [-0.39, 0.29) is 0 Å². The average molecular weight is 1090 g/mol. The Kier molecular flexibility index (Phi) is 10.1. The molecule has 0 amide bonds. The number of para-hydroxylation sites is 3. The molecule has 13 aromatic rings. The molecule has 2 heterocycles. The third-order valence-electron chi connectivity index (χ3n) is 19.1. The molecule has 2 nitrogen and oxygen atoms in total. The van der Waals surface area contributed by atoms with Gasteiger partial charge in [0.15, 0.2) is 0 Å². The van der Waals surface area contributed by atoms with E-state index in [1.165, 1.54) is 98.8 Å². The van der Waals surface area contributed by atoms with E-state index in [0.29, 0.717) is 0 Å². The first kappa shape index (κ1) is 47.4. The number of ether oxygens (including phenoxy) is 1. The van der Waals surface area contributed by atoms with Gasteiger partial charge in [-0.25, -0.2) is 0 Å². The number of anilines is 3. The van der Waals surface area contributed by atoms with Crippen molar-refractivity contribution in [2.75, 3.05) is 4.90 Å². The number of nitrogens with zero attached hydrogens (tertiary/aromatic N) is 1. The molecule has 0 saturated carbocycles. The molecule has 392 valence electrons. The fourth-order valence-corrected chi connectivity index (χ4v) is 17.2. The topological polar surface area (TPSA) is 12.5 Å². The van der Waals surface area contributed by atoms with Gasteiger partial charge in [-0.2, -0.15) is 0 Å². The van der Waals surface area contributed by atoms with Crippen molar-refractivity contribution in [2.45, 2.75) is 26.0 Å². The lowest BCUT2D eigenvalue weighted by Gasteiger charge is -2.40. The van der Waals surface area contributed by atoms with Crippen LogP contribution in [0.3, 0.4) is 0 Å². The summed E-state index contributed by atoms with van der Waals surface area (Å²) in [5.74, 6) is 1.75. The Bertz CT molecular complexity index is 4750. The van der Waals surface area contributed by atoms with E-state index < -0.39 is 16.2 Å². The first-order valence-electron chi connectivity index (χ1n) is 29.1. The largest absolute Gasteiger partial charge is 0.457 e. The molecule has 0 saturated heterocycles. The summed E-state index contributed by atoms with van der Waals surface area (Å²) in [6.07, 6.45) is 0. The average Bonchev–Trinajstić information content (AvgIpc) is 1.70. The van der Waals surface area contributed by atoms with Crippen LogP contribution in [-0.4, -0.2) is 0 Å². The van der Waals surface area contributed by atoms with Crippen molar-refractivity contribution in [1.82, 2.24) is 0 Å². The highest BCUT2D eigenvalue weighted by Gasteiger charge is 2.54. The summed E-state index contributed by atoms with van der Waals surface area (Å²) in [4.78, 5) is 5.18. The second kappa shape index (κ2) is 17.9. The Hall–Kier alpha value is -10.2. The van der Waals surface area contributed by atoms with Gasteiger partial charge in [0, 0.05) is 37.7 Å². The highest BCUT2D eigenvalue weighted by molar-refractivity contribution is 7.99. The van der Waals surface area contributed by atoms with Gasteiger partial charge in [-0.3, -0.25) is 0 Å². The molecule has 0 unspecified atom stereocenters. The minimum atomic E-state index is -0.664. The molecule has 0 radical (unpaired) electrons. The van der Waals surface area contributed by atoms with Crippen LogP contribution in [-0.2, 0) is 16.2 Å². The smallest absolute Gasteiger partial charge is 0.132 e. The van der Waals surface area contributed by atoms with E-state index in [2.05, 4.69) is 314 Å². The summed E-state index contributed by atoms with van der Waals surface area (Å²) < 4.78 is 6.86. The van der Waals surface area contributed by atoms with Crippen LogP contribution in [0, 0.1) is 0 Å². The quantitative estimate of drug-likeness (QED) is 0.165. The zero-order valence-corrected chi connectivity index (χ0v) is 46.5. The van der Waals surface area contributed by atoms with Gasteiger partial charge in [-0.05, 0) is 144 Å². The van der Waals surface area contributed by atoms with Crippen LogP contribution in [0.5, 0.6) is 11.5 Å². The number of hydrogen-bond acceptors (Lipinski definition) is 3. The minimum Gasteiger partial charge on any atom is -0.457 e. The molecule has 3 heteroatoms. The molecule has 13 aromatic carbocycles. The van der Waals surface area contributed by atoms with Gasteiger partial charge in [0.2, 0.25) is 0 Å². The first-order chi connectivity index (χ1) is 41.7. The van der Waals surface area contributed by atoms with Crippen LogP contribution in [0.4, 0.5) is 17.1 Å². The van der Waals surface area contributed by atoms with Crippen LogP contribution in [0.1, 0.15) is 66.8 Å². The fourth-order valence-electron chi connectivity index (χ4n) is 16.0. The minimum absolute atomic E-state index is 0.568. The SMILES string of the molecule is c1ccc(C2(c3ccccc3)c3ccccc3-c3ccc(-c4ccccc4N(c4ccc5c(c4)C4(c6ccccc6Sc6ccccc64)c4ccccc4-5)c4cccc5c4-c4ccccc4C54c5ccccc5Oc5ccccc54)cc32)cc1. The van der Waals surface area contributed by atoms with Crippen molar-refractivity contribution in [3.05, 3.63) is 376 Å². The maximum absolute atomic E-state index is 6.86. The Morgan fingerprint density at radius 3 is 1.30 bits per heavy atom. The van der Waals surface area contributed by atoms with Crippen LogP contribution in [0.15, 0.2) is 319 Å². The van der Waals surface area contributed by atoms with Crippen LogP contribution in [0.2, 0.25) is 0 Å². The van der Waals surface area contributed by atoms with Crippen molar-refractivity contribution in [3.8, 4) is 56.0 Å². The number of rotatable bonds is 6. The van der Waals surface area contributed by atoms with Crippen LogP contribution in [0.25, 0.3) is 44.5 Å². The molecule has 0 atom stereocenters. The van der Waals surface area contributed by atoms with Crippen LogP contribution < -0.4 is 9.64 Å². The lowest BCUT2D eigenvalue weighted by molar-refractivity contribution is 0.436. The Balaban J connectivity index is 0.939. The highest BCUT2D eigenvalue weighted by atomic mass is 32.2. The van der Waals surface area contributed by atoms with Gasteiger partial charge in [0.25, 0.3) is 0 Å². The Morgan fingerprint density at radius 2 is 0.679 bits per heavy atom. The highest BCUT2D eigenvalue weighted by Crippen LogP contribution is 2.67. The van der Waals surface area contributed by atoms with E-state index >= 15 is 0 Å². The van der Waals surface area contributed by atoms with E-state index in [0.717, 1.165) is 50.8 Å². The maximum Gasteiger partial charge on any atom is 0.132 e. The number of benzene rings is 13. The Morgan fingerprint density at radius 1 is 0.262 bits per heavy atom. The van der Waals surface area contributed by atoms with E-state index in [1.54, 1.807) is 0 Å². The van der Waals surface area contributed by atoms with E-state index in [4.69, 9.17) is 4.74 Å². The normalized spacial score (nSPS) is 14.8. The molecule has 0 fully saturated rings. The third kappa shape index (κ3) is 6.16. The monoisotopic (exact) mass is 1090 g/mol. The lowest BCUT2D eigenvalue weighted by Crippen LogP contribution is -2.32. The van der Waals surface area contributed by atoms with Crippen molar-refractivity contribution in [1.29, 1.82) is 0 Å². The molecule has 2 spiro atoms. The van der Waals surface area contributed by atoms with Gasteiger partial charge in [0.1, 0.15) is 11.5 Å². The number of hydrogen-bond donors (Lipinski definition) is 0. The maximum atomic E-state index is 6.86. The second-order valence-electron chi connectivity index (χ2n) is 22.9. The fraction of sp³-hybridized carbons (Fsp3) is 0.0370. The summed E-state index contributed by atoms with van der Waals surface area (Å²) in [5.41, 5.74) is 26.3. The standard InChI is InChI=1S/C81H51NOS/c1-3-24-53(25-4-1)79(54-26-5-2-6-27-54)62-32-11-7-29-57(62)59-48-46-52(50-70(59)79)56-28-10-18-40-72(56)82(55-47-49-60-58-30-8-12-33-63(58)81(71(60)51-55)67-37-16-21-44-76(67)84-77-45-22-17-38-68(77)81)73-41-23-39-69-78(73)61-31-9-13-34-64(61)80(69)65-35-14-19-42-74(65)83-75-43-20-15-36-66(75)80/h1-51H. The van der Waals surface area contributed by atoms with Gasteiger partial charge in [-0.1, -0.05) is 267 Å². The lowest BCUT2D eigenvalue weighted by atomic mass is 9.66.